The molecular weight excluding hydrogens is 144 g/mol. The summed E-state index contributed by atoms with van der Waals surface area (Å²) in [6.07, 6.45) is 0.935. The summed E-state index contributed by atoms with van der Waals surface area (Å²) in [4.78, 5) is 0. The van der Waals surface area contributed by atoms with Crippen LogP contribution < -0.4 is 0 Å². The van der Waals surface area contributed by atoms with Gasteiger partial charge in [0.05, 0.1) is 0 Å². The molecular formula is C9H10Cl. The number of alkyl halides is 1. The Morgan fingerprint density at radius 1 is 1.40 bits per heavy atom. The first-order valence-electron chi connectivity index (χ1n) is 3.30. The van der Waals surface area contributed by atoms with Crippen LogP contribution in [0.4, 0.5) is 0 Å². The van der Waals surface area contributed by atoms with E-state index in [1.807, 2.05) is 12.1 Å². The quantitative estimate of drug-likeness (QED) is 0.573. The maximum absolute atomic E-state index is 5.57. The normalized spacial score (nSPS) is 9.80. The summed E-state index contributed by atoms with van der Waals surface area (Å²) in [6.45, 7) is 3.82. The van der Waals surface area contributed by atoms with E-state index in [0.29, 0.717) is 5.88 Å². The van der Waals surface area contributed by atoms with Gasteiger partial charge in [-0.05, 0) is 24.5 Å². The van der Waals surface area contributed by atoms with Crippen molar-refractivity contribution in [1.82, 2.24) is 0 Å². The van der Waals surface area contributed by atoms with Crippen LogP contribution in [-0.4, -0.2) is 5.88 Å². The van der Waals surface area contributed by atoms with Gasteiger partial charge in [0.15, 0.2) is 0 Å². The van der Waals surface area contributed by atoms with E-state index in [9.17, 15) is 0 Å². The molecule has 0 bridgehead atoms. The lowest BCUT2D eigenvalue weighted by Crippen LogP contribution is -1.85. The number of hydrogen-bond acceptors (Lipinski definition) is 0. The van der Waals surface area contributed by atoms with E-state index in [2.05, 4.69) is 19.1 Å². The minimum atomic E-state index is 0.684. The molecule has 0 aliphatic carbocycles. The Morgan fingerprint density at radius 3 is 2.80 bits per heavy atom. The maximum atomic E-state index is 5.57. The first-order chi connectivity index (χ1) is 4.83. The van der Waals surface area contributed by atoms with Gasteiger partial charge in [0.1, 0.15) is 0 Å². The second kappa shape index (κ2) is 3.62. The molecule has 1 radical (unpaired) electrons. The highest BCUT2D eigenvalue weighted by Gasteiger charge is 1.89. The van der Waals surface area contributed by atoms with Crippen molar-refractivity contribution in [2.45, 2.75) is 6.42 Å². The van der Waals surface area contributed by atoms with Crippen molar-refractivity contribution < 1.29 is 0 Å². The van der Waals surface area contributed by atoms with Crippen molar-refractivity contribution in [3.63, 3.8) is 0 Å². The van der Waals surface area contributed by atoms with Crippen molar-refractivity contribution in [2.24, 2.45) is 0 Å². The van der Waals surface area contributed by atoms with Crippen LogP contribution >= 0.6 is 11.6 Å². The summed E-state index contributed by atoms with van der Waals surface area (Å²) < 4.78 is 0. The molecule has 0 fully saturated rings. The summed E-state index contributed by atoms with van der Waals surface area (Å²) >= 11 is 5.57. The highest BCUT2D eigenvalue weighted by atomic mass is 35.5. The fourth-order valence-corrected chi connectivity index (χ4v) is 1.11. The van der Waals surface area contributed by atoms with Crippen molar-refractivity contribution in [2.75, 3.05) is 5.88 Å². The van der Waals surface area contributed by atoms with Crippen molar-refractivity contribution in [1.29, 1.82) is 0 Å². The van der Waals surface area contributed by atoms with E-state index in [1.54, 1.807) is 0 Å². The summed E-state index contributed by atoms with van der Waals surface area (Å²) in [5.41, 5.74) is 2.32. The standard InChI is InChI=1S/C9H10Cl/c1-8-3-2-4-9(7-8)5-6-10/h2-4,7H,1,5-6H2. The molecule has 10 heavy (non-hydrogen) atoms. The lowest BCUT2D eigenvalue weighted by atomic mass is 10.1. The third-order valence-electron chi connectivity index (χ3n) is 1.37. The van der Waals surface area contributed by atoms with Crippen molar-refractivity contribution in [3.05, 3.63) is 42.3 Å². The Bertz CT molecular complexity index is 206. The van der Waals surface area contributed by atoms with Gasteiger partial charge < -0.3 is 0 Å². The van der Waals surface area contributed by atoms with Gasteiger partial charge in [-0.2, -0.15) is 0 Å². The van der Waals surface area contributed by atoms with Gasteiger partial charge in [0, 0.05) is 5.88 Å². The number of halogens is 1. The predicted octanol–water partition coefficient (Wildman–Crippen LogP) is 2.65. The summed E-state index contributed by atoms with van der Waals surface area (Å²) in [5, 5.41) is 0. The third-order valence-corrected chi connectivity index (χ3v) is 1.56. The first kappa shape index (κ1) is 7.62. The molecule has 53 valence electrons. The molecule has 0 saturated heterocycles. The van der Waals surface area contributed by atoms with E-state index < -0.39 is 0 Å². The van der Waals surface area contributed by atoms with Crippen LogP contribution in [-0.2, 0) is 6.42 Å². The smallest absolute Gasteiger partial charge is 0.0263 e. The van der Waals surface area contributed by atoms with E-state index in [1.165, 1.54) is 5.56 Å². The van der Waals surface area contributed by atoms with Crippen molar-refractivity contribution in [3.8, 4) is 0 Å². The Hall–Kier alpha value is -0.490. The van der Waals surface area contributed by atoms with E-state index >= 15 is 0 Å². The van der Waals surface area contributed by atoms with Crippen LogP contribution in [0.25, 0.3) is 0 Å². The zero-order chi connectivity index (χ0) is 7.40. The average molecular weight is 154 g/mol. The second-order valence-corrected chi connectivity index (χ2v) is 2.64. The van der Waals surface area contributed by atoms with Crippen LogP contribution in [0.2, 0.25) is 0 Å². The molecule has 1 aromatic carbocycles. The minimum Gasteiger partial charge on any atom is -0.126 e. The zero-order valence-electron chi connectivity index (χ0n) is 5.81. The molecule has 0 spiro atoms. The summed E-state index contributed by atoms with van der Waals surface area (Å²) in [6, 6.07) is 8.11. The molecule has 0 aromatic heterocycles. The monoisotopic (exact) mass is 153 g/mol. The molecule has 1 heteroatoms. The van der Waals surface area contributed by atoms with Crippen LogP contribution in [0, 0.1) is 6.92 Å². The van der Waals surface area contributed by atoms with Crippen LogP contribution in [0.3, 0.4) is 0 Å². The third kappa shape index (κ3) is 2.03. The maximum Gasteiger partial charge on any atom is 0.0263 e. The second-order valence-electron chi connectivity index (χ2n) is 2.26. The Labute approximate surface area is 66.8 Å². The van der Waals surface area contributed by atoms with Crippen LogP contribution in [0.5, 0.6) is 0 Å². The highest BCUT2D eigenvalue weighted by molar-refractivity contribution is 6.17. The molecule has 0 heterocycles. The van der Waals surface area contributed by atoms with Gasteiger partial charge in [-0.25, -0.2) is 0 Å². The van der Waals surface area contributed by atoms with Gasteiger partial charge in [0.2, 0.25) is 0 Å². The number of hydrogen-bond donors (Lipinski definition) is 0. The molecule has 0 aliphatic heterocycles. The van der Waals surface area contributed by atoms with Gasteiger partial charge in [0.25, 0.3) is 0 Å². The predicted molar refractivity (Wildman–Crippen MR) is 45.3 cm³/mol. The van der Waals surface area contributed by atoms with Crippen LogP contribution in [0.1, 0.15) is 11.1 Å². The molecule has 0 atom stereocenters. The molecule has 0 amide bonds. The fraction of sp³-hybridized carbons (Fsp3) is 0.222. The molecule has 1 rings (SSSR count). The van der Waals surface area contributed by atoms with E-state index in [0.717, 1.165) is 12.0 Å². The molecule has 0 N–H and O–H groups in total. The Balaban J connectivity index is 2.75. The molecule has 0 nitrogen and oxygen atoms in total. The molecule has 0 saturated carbocycles. The average Bonchev–Trinajstić information content (AvgIpc) is 1.88. The minimum absolute atomic E-state index is 0.684. The van der Waals surface area contributed by atoms with E-state index in [4.69, 9.17) is 11.6 Å². The molecule has 1 aromatic rings. The lowest BCUT2D eigenvalue weighted by molar-refractivity contribution is 1.15. The van der Waals surface area contributed by atoms with Gasteiger partial charge in [-0.15, -0.1) is 11.6 Å². The molecule has 0 aliphatic rings. The topological polar surface area (TPSA) is 0 Å². The fourth-order valence-electron chi connectivity index (χ4n) is 0.894. The van der Waals surface area contributed by atoms with Crippen LogP contribution in [0.15, 0.2) is 24.3 Å². The van der Waals surface area contributed by atoms with E-state index in [-0.39, 0.29) is 0 Å². The molecule has 0 unspecified atom stereocenters. The SMILES string of the molecule is [CH2]c1cccc(CCCl)c1. The lowest BCUT2D eigenvalue weighted by Gasteiger charge is -1.97. The van der Waals surface area contributed by atoms with Gasteiger partial charge in [-0.3, -0.25) is 0 Å². The highest BCUT2D eigenvalue weighted by Crippen LogP contribution is 2.04. The largest absolute Gasteiger partial charge is 0.126 e. The zero-order valence-corrected chi connectivity index (χ0v) is 6.56. The number of aryl methyl sites for hydroxylation is 1. The summed E-state index contributed by atoms with van der Waals surface area (Å²) in [7, 11) is 0. The Morgan fingerprint density at radius 2 is 2.20 bits per heavy atom. The first-order valence-corrected chi connectivity index (χ1v) is 3.83. The van der Waals surface area contributed by atoms with Gasteiger partial charge >= 0.3 is 0 Å². The number of rotatable bonds is 2. The Kier molecular flexibility index (Phi) is 2.76. The van der Waals surface area contributed by atoms with Crippen molar-refractivity contribution >= 4 is 11.6 Å². The van der Waals surface area contributed by atoms with Gasteiger partial charge in [-0.1, -0.05) is 24.3 Å². The summed E-state index contributed by atoms with van der Waals surface area (Å²) in [5.74, 6) is 0.684. The number of benzene rings is 1.